The SMILES string of the molecule is COc1ccc2cc(-c3cnc(C(CCCCCC(=O)OC(C)(C)C)NC(=O)OCc4ccccc4)[nH]3)ccc2c1. The number of imidazole rings is 1. The van der Waals surface area contributed by atoms with Gasteiger partial charge in [-0.2, -0.15) is 0 Å². The summed E-state index contributed by atoms with van der Waals surface area (Å²) in [5, 5.41) is 5.15. The molecule has 1 atom stereocenters. The van der Waals surface area contributed by atoms with E-state index >= 15 is 0 Å². The summed E-state index contributed by atoms with van der Waals surface area (Å²) < 4.78 is 16.2. The summed E-state index contributed by atoms with van der Waals surface area (Å²) in [5.41, 5.74) is 2.27. The molecule has 2 N–H and O–H groups in total. The Morgan fingerprint density at radius 2 is 1.71 bits per heavy atom. The molecule has 0 saturated carbocycles. The monoisotopic (exact) mass is 557 g/mol. The van der Waals surface area contributed by atoms with E-state index in [-0.39, 0.29) is 18.6 Å². The summed E-state index contributed by atoms with van der Waals surface area (Å²) in [5.74, 6) is 1.27. The van der Waals surface area contributed by atoms with Gasteiger partial charge in [0, 0.05) is 12.0 Å². The number of methoxy groups -OCH3 is 1. The van der Waals surface area contributed by atoms with E-state index in [1.54, 1.807) is 13.3 Å². The van der Waals surface area contributed by atoms with Gasteiger partial charge in [-0.1, -0.05) is 61.4 Å². The molecule has 8 heteroatoms. The zero-order chi connectivity index (χ0) is 29.2. The Morgan fingerprint density at radius 1 is 0.951 bits per heavy atom. The Kier molecular flexibility index (Phi) is 10.0. The maximum absolute atomic E-state index is 12.7. The van der Waals surface area contributed by atoms with Crippen molar-refractivity contribution in [1.82, 2.24) is 15.3 Å². The van der Waals surface area contributed by atoms with Gasteiger partial charge in [-0.25, -0.2) is 9.78 Å². The molecule has 216 valence electrons. The van der Waals surface area contributed by atoms with Crippen LogP contribution in [0, 0.1) is 0 Å². The number of rotatable bonds is 12. The number of fused-ring (bicyclic) bond motifs is 1. The van der Waals surface area contributed by atoms with E-state index in [1.807, 2.05) is 75.4 Å². The summed E-state index contributed by atoms with van der Waals surface area (Å²) in [6, 6.07) is 21.3. The summed E-state index contributed by atoms with van der Waals surface area (Å²) in [6.45, 7) is 5.78. The summed E-state index contributed by atoms with van der Waals surface area (Å²) >= 11 is 0. The van der Waals surface area contributed by atoms with Crippen molar-refractivity contribution in [2.24, 2.45) is 0 Å². The van der Waals surface area contributed by atoms with Crippen molar-refractivity contribution < 1.29 is 23.8 Å². The molecule has 0 fully saturated rings. The van der Waals surface area contributed by atoms with Crippen LogP contribution in [0.25, 0.3) is 22.0 Å². The molecule has 3 aromatic carbocycles. The van der Waals surface area contributed by atoms with Crippen LogP contribution in [0.15, 0.2) is 72.9 Å². The van der Waals surface area contributed by atoms with Crippen molar-refractivity contribution >= 4 is 22.8 Å². The first kappa shape index (κ1) is 29.6. The predicted molar refractivity (Wildman–Crippen MR) is 160 cm³/mol. The third kappa shape index (κ3) is 9.10. The maximum Gasteiger partial charge on any atom is 0.408 e. The van der Waals surface area contributed by atoms with Crippen molar-refractivity contribution in [3.05, 3.63) is 84.3 Å². The zero-order valence-electron chi connectivity index (χ0n) is 24.2. The number of benzene rings is 3. The van der Waals surface area contributed by atoms with E-state index in [2.05, 4.69) is 27.4 Å². The lowest BCUT2D eigenvalue weighted by atomic mass is 10.0. The molecule has 4 aromatic rings. The molecule has 1 heterocycles. The second-order valence-corrected chi connectivity index (χ2v) is 11.1. The summed E-state index contributed by atoms with van der Waals surface area (Å²) in [7, 11) is 1.66. The van der Waals surface area contributed by atoms with Crippen LogP contribution in [0.2, 0.25) is 0 Å². The van der Waals surface area contributed by atoms with Gasteiger partial charge in [0.2, 0.25) is 0 Å². The largest absolute Gasteiger partial charge is 0.497 e. The number of aromatic nitrogens is 2. The number of nitrogens with one attached hydrogen (secondary N) is 2. The lowest BCUT2D eigenvalue weighted by molar-refractivity contribution is -0.154. The van der Waals surface area contributed by atoms with Crippen LogP contribution in [-0.2, 0) is 20.9 Å². The molecule has 0 saturated heterocycles. The lowest BCUT2D eigenvalue weighted by Gasteiger charge is -2.19. The molecule has 0 aliphatic rings. The minimum atomic E-state index is -0.509. The summed E-state index contributed by atoms with van der Waals surface area (Å²) in [4.78, 5) is 32.8. The van der Waals surface area contributed by atoms with Crippen LogP contribution in [0.5, 0.6) is 5.75 Å². The van der Waals surface area contributed by atoms with Crippen LogP contribution in [0.3, 0.4) is 0 Å². The number of H-pyrrole nitrogens is 1. The second kappa shape index (κ2) is 13.8. The smallest absolute Gasteiger partial charge is 0.408 e. The first-order chi connectivity index (χ1) is 19.7. The van der Waals surface area contributed by atoms with E-state index in [0.29, 0.717) is 25.1 Å². The standard InChI is InChI=1S/C33H39N3O5/c1-33(2,3)41-30(37)14-10-6-9-13-28(36-32(38)40-22-23-11-7-5-8-12-23)31-34-21-29(35-31)26-16-15-25-20-27(39-4)18-17-24(25)19-26/h5,7-8,11-12,15-21,28H,6,9-10,13-14,22H2,1-4H3,(H,34,35)(H,36,38). The van der Waals surface area contributed by atoms with Crippen LogP contribution in [-0.4, -0.2) is 34.7 Å². The van der Waals surface area contributed by atoms with Gasteiger partial charge in [0.25, 0.3) is 0 Å². The topological polar surface area (TPSA) is 103 Å². The highest BCUT2D eigenvalue weighted by atomic mass is 16.6. The lowest BCUT2D eigenvalue weighted by Crippen LogP contribution is -2.30. The Hall–Kier alpha value is -4.33. The Labute approximate surface area is 241 Å². The quantitative estimate of drug-likeness (QED) is 0.138. The molecule has 8 nitrogen and oxygen atoms in total. The number of hydrogen-bond donors (Lipinski definition) is 2. The fraction of sp³-hybridized carbons (Fsp3) is 0.364. The van der Waals surface area contributed by atoms with E-state index in [4.69, 9.17) is 14.2 Å². The molecule has 0 bridgehead atoms. The average molecular weight is 558 g/mol. The van der Waals surface area contributed by atoms with Gasteiger partial charge in [-0.15, -0.1) is 0 Å². The molecule has 41 heavy (non-hydrogen) atoms. The number of carbonyl (C=O) groups excluding carboxylic acids is 2. The highest BCUT2D eigenvalue weighted by Gasteiger charge is 2.20. The van der Waals surface area contributed by atoms with Crippen LogP contribution in [0.4, 0.5) is 4.79 Å². The van der Waals surface area contributed by atoms with Crippen LogP contribution >= 0.6 is 0 Å². The number of ether oxygens (including phenoxy) is 3. The highest BCUT2D eigenvalue weighted by Crippen LogP contribution is 2.28. The molecule has 0 radical (unpaired) electrons. The maximum atomic E-state index is 12.7. The van der Waals surface area contributed by atoms with Crippen molar-refractivity contribution in [1.29, 1.82) is 0 Å². The third-order valence-corrected chi connectivity index (χ3v) is 6.58. The van der Waals surface area contributed by atoms with Crippen molar-refractivity contribution in [3.8, 4) is 17.0 Å². The fourth-order valence-electron chi connectivity index (χ4n) is 4.55. The van der Waals surface area contributed by atoms with E-state index in [9.17, 15) is 9.59 Å². The number of nitrogens with zero attached hydrogens (tertiary/aromatic N) is 1. The zero-order valence-corrected chi connectivity index (χ0v) is 24.2. The minimum Gasteiger partial charge on any atom is -0.497 e. The minimum absolute atomic E-state index is 0.181. The average Bonchev–Trinajstić information content (AvgIpc) is 3.45. The number of amides is 1. The molecule has 1 aromatic heterocycles. The molecule has 1 unspecified atom stereocenters. The van der Waals surface area contributed by atoms with Gasteiger partial charge in [-0.05, 0) is 68.1 Å². The molecule has 0 aliphatic carbocycles. The van der Waals surface area contributed by atoms with Crippen LogP contribution in [0.1, 0.15) is 70.3 Å². The van der Waals surface area contributed by atoms with Crippen molar-refractivity contribution in [2.45, 2.75) is 71.1 Å². The normalized spacial score (nSPS) is 12.1. The van der Waals surface area contributed by atoms with E-state index < -0.39 is 11.7 Å². The van der Waals surface area contributed by atoms with Crippen LogP contribution < -0.4 is 10.1 Å². The first-order valence-corrected chi connectivity index (χ1v) is 14.0. The van der Waals surface area contributed by atoms with Gasteiger partial charge in [0.1, 0.15) is 23.8 Å². The number of carbonyl (C=O) groups is 2. The number of aromatic amines is 1. The Bertz CT molecular complexity index is 1440. The molecular formula is C33H39N3O5. The second-order valence-electron chi connectivity index (χ2n) is 11.1. The number of unbranched alkanes of at least 4 members (excludes halogenated alkanes) is 2. The number of esters is 1. The Balaban J connectivity index is 1.42. The number of hydrogen-bond acceptors (Lipinski definition) is 6. The molecule has 0 aliphatic heterocycles. The van der Waals surface area contributed by atoms with Crippen molar-refractivity contribution in [2.75, 3.05) is 7.11 Å². The first-order valence-electron chi connectivity index (χ1n) is 14.0. The third-order valence-electron chi connectivity index (χ3n) is 6.58. The highest BCUT2D eigenvalue weighted by molar-refractivity contribution is 5.88. The van der Waals surface area contributed by atoms with Gasteiger partial charge in [0.15, 0.2) is 0 Å². The van der Waals surface area contributed by atoms with E-state index in [1.165, 1.54) is 0 Å². The Morgan fingerprint density at radius 3 is 2.46 bits per heavy atom. The van der Waals surface area contributed by atoms with Gasteiger partial charge >= 0.3 is 12.1 Å². The van der Waals surface area contributed by atoms with Gasteiger partial charge in [-0.3, -0.25) is 4.79 Å². The predicted octanol–water partition coefficient (Wildman–Crippen LogP) is 7.50. The number of alkyl carbamates (subject to hydrolysis) is 1. The fourth-order valence-corrected chi connectivity index (χ4v) is 4.55. The van der Waals surface area contributed by atoms with Crippen molar-refractivity contribution in [3.63, 3.8) is 0 Å². The molecule has 1 amide bonds. The molecule has 0 spiro atoms. The molecular weight excluding hydrogens is 518 g/mol. The van der Waals surface area contributed by atoms with Gasteiger partial charge in [0.05, 0.1) is 25.0 Å². The van der Waals surface area contributed by atoms with Gasteiger partial charge < -0.3 is 24.5 Å². The molecule has 4 rings (SSSR count). The van der Waals surface area contributed by atoms with E-state index in [0.717, 1.165) is 46.2 Å². The summed E-state index contributed by atoms with van der Waals surface area (Å²) in [6.07, 6.45) is 4.60.